The molecule has 1 aliphatic rings. The van der Waals surface area contributed by atoms with Crippen LogP contribution in [0.5, 0.6) is 0 Å². The van der Waals surface area contributed by atoms with Crippen molar-refractivity contribution >= 4 is 18.0 Å². The molecule has 0 saturated heterocycles. The van der Waals surface area contributed by atoms with E-state index >= 15 is 0 Å². The van der Waals surface area contributed by atoms with E-state index in [-0.39, 0.29) is 23.9 Å². The monoisotopic (exact) mass is 480 g/mol. The molecule has 2 atom stereocenters. The number of rotatable bonds is 8. The minimum Gasteiger partial charge on any atom is -0.480 e. The summed E-state index contributed by atoms with van der Waals surface area (Å²) in [5.74, 6) is -1.87. The molecule has 7 heteroatoms. The average Bonchev–Trinajstić information content (AvgIpc) is 3.11. The Morgan fingerprint density at radius 1 is 1.00 bits per heavy atom. The molecule has 0 heterocycles. The van der Waals surface area contributed by atoms with Gasteiger partial charge in [-0.25, -0.2) is 9.59 Å². The maximum atomic E-state index is 13.2. The molecule has 35 heavy (non-hydrogen) atoms. The molecule has 1 aliphatic carbocycles. The fourth-order valence-electron chi connectivity index (χ4n) is 4.62. The predicted octanol–water partition coefficient (Wildman–Crippen LogP) is 4.90. The van der Waals surface area contributed by atoms with E-state index < -0.39 is 30.1 Å². The standard InChI is InChI=1S/C28H36N2O5/c1-17(2)24(25(31)30(6)23(26(32)33)15-28(3,4)5)29-27(34)35-16-22-20-13-9-7-11-18(20)19-12-8-10-14-21(19)22/h7-14,17,22-24H,15-16H2,1-6H3,(H,29,34)(H,32,33). The lowest BCUT2D eigenvalue weighted by Crippen LogP contribution is -2.55. The molecule has 7 nitrogen and oxygen atoms in total. The fourth-order valence-corrected chi connectivity index (χ4v) is 4.62. The molecule has 2 amide bonds. The van der Waals surface area contributed by atoms with E-state index in [4.69, 9.17) is 4.74 Å². The highest BCUT2D eigenvalue weighted by Gasteiger charge is 2.36. The number of likely N-dealkylation sites (N-methyl/N-ethyl adjacent to an activating group) is 1. The zero-order valence-electron chi connectivity index (χ0n) is 21.4. The Balaban J connectivity index is 1.70. The smallest absolute Gasteiger partial charge is 0.407 e. The van der Waals surface area contributed by atoms with Crippen LogP contribution in [0.3, 0.4) is 0 Å². The summed E-state index contributed by atoms with van der Waals surface area (Å²) in [6, 6.07) is 14.2. The Labute approximate surface area is 207 Å². The van der Waals surface area contributed by atoms with Gasteiger partial charge in [-0.2, -0.15) is 0 Å². The summed E-state index contributed by atoms with van der Waals surface area (Å²) in [6.07, 6.45) is -0.407. The summed E-state index contributed by atoms with van der Waals surface area (Å²) in [6.45, 7) is 9.53. The van der Waals surface area contributed by atoms with Crippen molar-refractivity contribution in [3.63, 3.8) is 0 Å². The van der Waals surface area contributed by atoms with Crippen LogP contribution < -0.4 is 5.32 Å². The van der Waals surface area contributed by atoms with Crippen LogP contribution in [0.4, 0.5) is 4.79 Å². The quantitative estimate of drug-likeness (QED) is 0.560. The number of carbonyl (C=O) groups is 3. The van der Waals surface area contributed by atoms with Gasteiger partial charge in [0, 0.05) is 13.0 Å². The topological polar surface area (TPSA) is 95.9 Å². The number of ether oxygens (including phenoxy) is 1. The summed E-state index contributed by atoms with van der Waals surface area (Å²) in [5, 5.41) is 12.4. The number of fused-ring (bicyclic) bond motifs is 3. The van der Waals surface area contributed by atoms with Gasteiger partial charge >= 0.3 is 12.1 Å². The normalized spacial score (nSPS) is 14.6. The Kier molecular flexibility index (Phi) is 7.88. The molecule has 0 bridgehead atoms. The third-order valence-corrected chi connectivity index (χ3v) is 6.46. The highest BCUT2D eigenvalue weighted by Crippen LogP contribution is 2.44. The Morgan fingerprint density at radius 3 is 1.97 bits per heavy atom. The first-order valence-electron chi connectivity index (χ1n) is 12.0. The van der Waals surface area contributed by atoms with Gasteiger partial charge < -0.3 is 20.1 Å². The first kappa shape index (κ1) is 26.3. The van der Waals surface area contributed by atoms with Gasteiger partial charge in [-0.05, 0) is 40.0 Å². The van der Waals surface area contributed by atoms with Crippen molar-refractivity contribution in [2.75, 3.05) is 13.7 Å². The number of aliphatic carboxylic acids is 1. The third-order valence-electron chi connectivity index (χ3n) is 6.46. The second-order valence-corrected chi connectivity index (χ2v) is 10.8. The lowest BCUT2D eigenvalue weighted by molar-refractivity contribution is -0.151. The minimum atomic E-state index is -1.07. The number of benzene rings is 2. The summed E-state index contributed by atoms with van der Waals surface area (Å²) >= 11 is 0. The molecule has 0 saturated carbocycles. The van der Waals surface area contributed by atoms with Crippen LogP contribution in [0, 0.1) is 11.3 Å². The predicted molar refractivity (Wildman–Crippen MR) is 135 cm³/mol. The zero-order chi connectivity index (χ0) is 25.9. The van der Waals surface area contributed by atoms with Crippen molar-refractivity contribution in [2.45, 2.75) is 59.0 Å². The molecule has 0 fully saturated rings. The van der Waals surface area contributed by atoms with Crippen LogP contribution in [-0.2, 0) is 14.3 Å². The van der Waals surface area contributed by atoms with E-state index in [1.54, 1.807) is 13.8 Å². The molecule has 2 unspecified atom stereocenters. The Bertz CT molecular complexity index is 1040. The number of alkyl carbamates (subject to hydrolysis) is 1. The third kappa shape index (κ3) is 6.02. The highest BCUT2D eigenvalue weighted by molar-refractivity contribution is 5.89. The lowest BCUT2D eigenvalue weighted by Gasteiger charge is -2.33. The van der Waals surface area contributed by atoms with Gasteiger partial charge in [0.25, 0.3) is 0 Å². The van der Waals surface area contributed by atoms with E-state index in [1.807, 2.05) is 57.2 Å². The van der Waals surface area contributed by atoms with E-state index in [9.17, 15) is 19.5 Å². The van der Waals surface area contributed by atoms with Crippen molar-refractivity contribution in [1.82, 2.24) is 10.2 Å². The SMILES string of the molecule is CC(C)C(NC(=O)OCC1c2ccccc2-c2ccccc21)C(=O)N(C)C(CC(C)(C)C)C(=O)O. The van der Waals surface area contributed by atoms with Crippen molar-refractivity contribution in [2.24, 2.45) is 11.3 Å². The molecule has 0 spiro atoms. The molecule has 0 aromatic heterocycles. The molecule has 0 aliphatic heterocycles. The molecule has 188 valence electrons. The van der Waals surface area contributed by atoms with E-state index in [0.29, 0.717) is 6.42 Å². The van der Waals surface area contributed by atoms with Crippen molar-refractivity contribution in [3.05, 3.63) is 59.7 Å². The van der Waals surface area contributed by atoms with Crippen molar-refractivity contribution in [3.8, 4) is 11.1 Å². The number of hydrogen-bond acceptors (Lipinski definition) is 4. The number of hydrogen-bond donors (Lipinski definition) is 2. The largest absolute Gasteiger partial charge is 0.480 e. The second-order valence-electron chi connectivity index (χ2n) is 10.8. The van der Waals surface area contributed by atoms with Crippen LogP contribution in [-0.4, -0.2) is 53.7 Å². The molecule has 2 aromatic rings. The zero-order valence-corrected chi connectivity index (χ0v) is 21.4. The second kappa shape index (κ2) is 10.5. The highest BCUT2D eigenvalue weighted by atomic mass is 16.5. The van der Waals surface area contributed by atoms with Crippen molar-refractivity contribution in [1.29, 1.82) is 0 Å². The van der Waals surface area contributed by atoms with Crippen LogP contribution in [0.15, 0.2) is 48.5 Å². The lowest BCUT2D eigenvalue weighted by atomic mass is 9.87. The van der Waals surface area contributed by atoms with Crippen LogP contribution in [0.2, 0.25) is 0 Å². The number of amides is 2. The van der Waals surface area contributed by atoms with Gasteiger partial charge in [-0.1, -0.05) is 83.1 Å². The first-order valence-corrected chi connectivity index (χ1v) is 12.0. The van der Waals surface area contributed by atoms with E-state index in [0.717, 1.165) is 22.3 Å². The summed E-state index contributed by atoms with van der Waals surface area (Å²) in [7, 11) is 1.47. The van der Waals surface area contributed by atoms with Crippen LogP contribution in [0.1, 0.15) is 58.1 Å². The van der Waals surface area contributed by atoms with Crippen molar-refractivity contribution < 1.29 is 24.2 Å². The van der Waals surface area contributed by atoms with Crippen LogP contribution in [0.25, 0.3) is 11.1 Å². The number of nitrogens with one attached hydrogen (secondary N) is 1. The summed E-state index contributed by atoms with van der Waals surface area (Å²) in [5.41, 5.74) is 4.18. The summed E-state index contributed by atoms with van der Waals surface area (Å²) in [4.78, 5) is 39.1. The maximum absolute atomic E-state index is 13.2. The van der Waals surface area contributed by atoms with Gasteiger partial charge in [-0.3, -0.25) is 4.79 Å². The molecular weight excluding hydrogens is 444 g/mol. The Morgan fingerprint density at radius 2 is 1.51 bits per heavy atom. The minimum absolute atomic E-state index is 0.0906. The maximum Gasteiger partial charge on any atom is 0.407 e. The number of carboxylic acids is 1. The molecule has 3 rings (SSSR count). The average molecular weight is 481 g/mol. The summed E-state index contributed by atoms with van der Waals surface area (Å²) < 4.78 is 5.60. The Hall–Kier alpha value is -3.35. The number of nitrogens with zero attached hydrogens (tertiary/aromatic N) is 1. The molecule has 0 radical (unpaired) electrons. The fraction of sp³-hybridized carbons (Fsp3) is 0.464. The van der Waals surface area contributed by atoms with Crippen LogP contribution >= 0.6 is 0 Å². The van der Waals surface area contributed by atoms with Gasteiger partial charge in [0.05, 0.1) is 0 Å². The van der Waals surface area contributed by atoms with Gasteiger partial charge in [0.15, 0.2) is 0 Å². The first-order chi connectivity index (χ1) is 16.4. The number of carbonyl (C=O) groups excluding carboxylic acids is 2. The van der Waals surface area contributed by atoms with Gasteiger partial charge in [0.2, 0.25) is 5.91 Å². The van der Waals surface area contributed by atoms with Gasteiger partial charge in [-0.15, -0.1) is 0 Å². The van der Waals surface area contributed by atoms with Gasteiger partial charge in [0.1, 0.15) is 18.7 Å². The van der Waals surface area contributed by atoms with E-state index in [1.165, 1.54) is 11.9 Å². The molecular formula is C28H36N2O5. The number of carboxylic acid groups (broad SMARTS) is 1. The van der Waals surface area contributed by atoms with E-state index in [2.05, 4.69) is 17.4 Å². The molecule has 2 N–H and O–H groups in total. The molecule has 2 aromatic carbocycles.